The highest BCUT2D eigenvalue weighted by Crippen LogP contribution is 2.65. The van der Waals surface area contributed by atoms with Gasteiger partial charge in [0.15, 0.2) is 0 Å². The van der Waals surface area contributed by atoms with Crippen LogP contribution in [-0.2, 0) is 9.57 Å². The molecule has 1 saturated carbocycles. The molecule has 4 rings (SSSR count). The molecule has 3 nitrogen and oxygen atoms in total. The number of nitrogens with one attached hydrogen (secondary N) is 1. The first-order valence-corrected chi connectivity index (χ1v) is 9.88. The third-order valence-corrected chi connectivity index (χ3v) is 8.23. The number of hydrogen-bond acceptors (Lipinski definition) is 3. The molecule has 4 aliphatic carbocycles. The quantitative estimate of drug-likeness (QED) is 0.583. The zero-order chi connectivity index (χ0) is 17.9. The van der Waals surface area contributed by atoms with E-state index in [9.17, 15) is 0 Å². The molecule has 0 heterocycles. The molecule has 4 aliphatic rings. The molecular weight excluding hydrogens is 310 g/mol. The first-order valence-electron chi connectivity index (χ1n) is 9.88. The number of methoxy groups -OCH3 is 1. The number of ether oxygens (including phenoxy) is 1. The highest BCUT2D eigenvalue weighted by atomic mass is 16.7. The lowest BCUT2D eigenvalue weighted by atomic mass is 9.52. The Morgan fingerprint density at radius 2 is 1.96 bits per heavy atom. The van der Waals surface area contributed by atoms with Gasteiger partial charge in [-0.2, -0.15) is 0 Å². The number of allylic oxidation sites excluding steroid dienone is 6. The van der Waals surface area contributed by atoms with E-state index in [0.717, 1.165) is 25.0 Å². The van der Waals surface area contributed by atoms with E-state index in [0.29, 0.717) is 11.8 Å². The van der Waals surface area contributed by atoms with Crippen LogP contribution in [0.1, 0.15) is 59.3 Å². The number of rotatable bonds is 3. The topological polar surface area (TPSA) is 30.5 Å². The fourth-order valence-corrected chi connectivity index (χ4v) is 6.38. The van der Waals surface area contributed by atoms with E-state index in [-0.39, 0.29) is 16.4 Å². The van der Waals surface area contributed by atoms with Gasteiger partial charge in [0.1, 0.15) is 0 Å². The first kappa shape index (κ1) is 17.4. The maximum atomic E-state index is 6.08. The Kier molecular flexibility index (Phi) is 3.97. The van der Waals surface area contributed by atoms with Gasteiger partial charge in [-0.1, -0.05) is 31.6 Å². The van der Waals surface area contributed by atoms with Crippen LogP contribution in [0.4, 0.5) is 0 Å². The highest BCUT2D eigenvalue weighted by molar-refractivity contribution is 5.45. The Balaban J connectivity index is 1.71. The van der Waals surface area contributed by atoms with Crippen molar-refractivity contribution in [3.63, 3.8) is 0 Å². The smallest absolute Gasteiger partial charge is 0.0958 e. The number of hydrogen-bond donors (Lipinski definition) is 1. The van der Waals surface area contributed by atoms with Gasteiger partial charge in [0, 0.05) is 24.3 Å². The van der Waals surface area contributed by atoms with E-state index in [1.165, 1.54) is 24.8 Å². The van der Waals surface area contributed by atoms with E-state index >= 15 is 0 Å². The first-order chi connectivity index (χ1) is 11.9. The van der Waals surface area contributed by atoms with E-state index in [4.69, 9.17) is 9.57 Å². The van der Waals surface area contributed by atoms with Crippen molar-refractivity contribution in [3.05, 3.63) is 35.1 Å². The zero-order valence-corrected chi connectivity index (χ0v) is 16.4. The molecule has 0 amide bonds. The molecule has 0 bridgehead atoms. The lowest BCUT2D eigenvalue weighted by Gasteiger charge is -2.54. The molecule has 0 spiro atoms. The average Bonchev–Trinajstić information content (AvgIpc) is 2.86. The Morgan fingerprint density at radius 1 is 1.16 bits per heavy atom. The summed E-state index contributed by atoms with van der Waals surface area (Å²) in [5, 5.41) is 0. The van der Waals surface area contributed by atoms with Crippen LogP contribution in [-0.4, -0.2) is 19.8 Å². The highest BCUT2D eigenvalue weighted by Gasteiger charge is 2.60. The minimum absolute atomic E-state index is 0.0744. The fraction of sp³-hybridized carbons (Fsp3) is 0.727. The zero-order valence-electron chi connectivity index (χ0n) is 16.4. The van der Waals surface area contributed by atoms with Crippen molar-refractivity contribution in [3.8, 4) is 0 Å². The summed E-state index contributed by atoms with van der Waals surface area (Å²) in [5.74, 6) is 2.53. The molecule has 0 aromatic carbocycles. The molecule has 1 N–H and O–H groups in total. The Bertz CT molecular complexity index is 663. The summed E-state index contributed by atoms with van der Waals surface area (Å²) in [4.78, 5) is 6.08. The predicted molar refractivity (Wildman–Crippen MR) is 101 cm³/mol. The summed E-state index contributed by atoms with van der Waals surface area (Å²) in [6.07, 6.45) is 14.3. The second-order valence-electron chi connectivity index (χ2n) is 9.11. The van der Waals surface area contributed by atoms with Crippen LogP contribution < -0.4 is 5.48 Å². The van der Waals surface area contributed by atoms with Gasteiger partial charge < -0.3 is 4.74 Å². The third-order valence-electron chi connectivity index (χ3n) is 8.23. The van der Waals surface area contributed by atoms with E-state index in [1.54, 1.807) is 12.7 Å². The summed E-state index contributed by atoms with van der Waals surface area (Å²) in [7, 11) is 3.69. The van der Waals surface area contributed by atoms with Gasteiger partial charge in [0.05, 0.1) is 18.5 Å². The predicted octanol–water partition coefficient (Wildman–Crippen LogP) is 4.92. The van der Waals surface area contributed by atoms with Crippen molar-refractivity contribution in [1.29, 1.82) is 0 Å². The van der Waals surface area contributed by atoms with Crippen LogP contribution in [0.2, 0.25) is 0 Å². The van der Waals surface area contributed by atoms with Gasteiger partial charge >= 0.3 is 0 Å². The van der Waals surface area contributed by atoms with Crippen molar-refractivity contribution in [2.45, 2.75) is 64.9 Å². The van der Waals surface area contributed by atoms with E-state index < -0.39 is 0 Å². The monoisotopic (exact) mass is 343 g/mol. The second kappa shape index (κ2) is 5.72. The number of hydroxylamine groups is 1. The molecule has 1 fully saturated rings. The van der Waals surface area contributed by atoms with Crippen LogP contribution in [0.3, 0.4) is 0 Å². The molecule has 3 heteroatoms. The van der Waals surface area contributed by atoms with E-state index in [2.05, 4.69) is 44.5 Å². The van der Waals surface area contributed by atoms with Gasteiger partial charge in [-0.3, -0.25) is 4.84 Å². The molecule has 0 aliphatic heterocycles. The summed E-state index contributed by atoms with van der Waals surface area (Å²) < 4.78 is 5.54. The SMILES string of the molecule is CNO[C@@]1(C)CCC2C3CC=C4C=C(OC)CCC4(C)C3=CCC21C. The maximum absolute atomic E-state index is 6.08. The molecular formula is C22H33NO2. The second-order valence-corrected chi connectivity index (χ2v) is 9.11. The van der Waals surface area contributed by atoms with Gasteiger partial charge in [0.25, 0.3) is 0 Å². The van der Waals surface area contributed by atoms with Crippen molar-refractivity contribution in [2.24, 2.45) is 22.7 Å². The van der Waals surface area contributed by atoms with Crippen LogP contribution in [0.5, 0.6) is 0 Å². The minimum Gasteiger partial charge on any atom is -0.501 e. The lowest BCUT2D eigenvalue weighted by Crippen LogP contribution is -2.51. The Labute approximate surface area is 152 Å². The van der Waals surface area contributed by atoms with Crippen molar-refractivity contribution in [2.75, 3.05) is 14.2 Å². The lowest BCUT2D eigenvalue weighted by molar-refractivity contribution is -0.155. The Morgan fingerprint density at radius 3 is 2.68 bits per heavy atom. The third kappa shape index (κ3) is 2.24. The summed E-state index contributed by atoms with van der Waals surface area (Å²) in [6.45, 7) is 7.23. The normalized spacial score (nSPS) is 45.6. The molecule has 0 aromatic rings. The van der Waals surface area contributed by atoms with Gasteiger partial charge in [-0.15, -0.1) is 0 Å². The van der Waals surface area contributed by atoms with Crippen molar-refractivity contribution < 1.29 is 9.57 Å². The van der Waals surface area contributed by atoms with Crippen molar-refractivity contribution in [1.82, 2.24) is 5.48 Å². The number of fused-ring (bicyclic) bond motifs is 5. The summed E-state index contributed by atoms with van der Waals surface area (Å²) in [5.41, 5.74) is 6.52. The summed E-state index contributed by atoms with van der Waals surface area (Å²) >= 11 is 0. The molecule has 138 valence electrons. The Hall–Kier alpha value is -1.06. The molecule has 0 aromatic heterocycles. The minimum atomic E-state index is -0.0744. The molecule has 4 unspecified atom stereocenters. The molecule has 5 atom stereocenters. The fourth-order valence-electron chi connectivity index (χ4n) is 6.38. The van der Waals surface area contributed by atoms with E-state index in [1.807, 2.05) is 7.05 Å². The van der Waals surface area contributed by atoms with Gasteiger partial charge in [0.2, 0.25) is 0 Å². The molecule has 25 heavy (non-hydrogen) atoms. The van der Waals surface area contributed by atoms with Crippen LogP contribution in [0, 0.1) is 22.7 Å². The molecule has 0 saturated heterocycles. The largest absolute Gasteiger partial charge is 0.501 e. The maximum Gasteiger partial charge on any atom is 0.0958 e. The van der Waals surface area contributed by atoms with Crippen LogP contribution >= 0.6 is 0 Å². The van der Waals surface area contributed by atoms with Crippen LogP contribution in [0.25, 0.3) is 0 Å². The van der Waals surface area contributed by atoms with Gasteiger partial charge in [-0.25, -0.2) is 5.48 Å². The van der Waals surface area contributed by atoms with Crippen molar-refractivity contribution >= 4 is 0 Å². The molecule has 0 radical (unpaired) electrons. The standard InChI is InChI=1S/C22H33NO2/c1-20-11-8-16(24-5)14-15(20)6-7-17-18(20)9-12-21(2)19(17)10-13-22(21,3)25-23-4/h6,9,14,17,19,23H,7-8,10-13H2,1-5H3/t17?,19?,20?,21?,22-/m0/s1. The summed E-state index contributed by atoms with van der Waals surface area (Å²) in [6, 6.07) is 0. The van der Waals surface area contributed by atoms with Crippen LogP contribution in [0.15, 0.2) is 35.1 Å². The van der Waals surface area contributed by atoms with Gasteiger partial charge in [-0.05, 0) is 62.5 Å². The average molecular weight is 344 g/mol.